The molecule has 0 saturated heterocycles. The van der Waals surface area contributed by atoms with Crippen LogP contribution in [0.2, 0.25) is 0 Å². The summed E-state index contributed by atoms with van der Waals surface area (Å²) in [4.78, 5) is 0. The van der Waals surface area contributed by atoms with Gasteiger partial charge >= 0.3 is 0 Å². The van der Waals surface area contributed by atoms with Crippen LogP contribution < -0.4 is 5.32 Å². The highest BCUT2D eigenvalue weighted by Crippen LogP contribution is 2.52. The second-order valence-corrected chi connectivity index (χ2v) is 5.55. The molecule has 3 nitrogen and oxygen atoms in total. The molecule has 4 atom stereocenters. The van der Waals surface area contributed by atoms with Gasteiger partial charge in [-0.2, -0.15) is 5.10 Å². The summed E-state index contributed by atoms with van der Waals surface area (Å²) in [6.07, 6.45) is 10.0. The first-order valence-corrected chi connectivity index (χ1v) is 6.43. The summed E-state index contributed by atoms with van der Waals surface area (Å²) in [6, 6.07) is 0.518. The first-order valence-electron chi connectivity index (χ1n) is 6.43. The lowest BCUT2D eigenvalue weighted by atomic mass is 9.81. The minimum atomic E-state index is 0.518. The number of aromatic nitrogens is 2. The van der Waals surface area contributed by atoms with Crippen molar-refractivity contribution in [2.24, 2.45) is 24.8 Å². The number of nitrogens with zero attached hydrogens (tertiary/aromatic N) is 2. The van der Waals surface area contributed by atoms with E-state index in [1.807, 2.05) is 17.9 Å². The second-order valence-electron chi connectivity index (χ2n) is 5.55. The molecule has 0 aromatic carbocycles. The molecule has 1 aromatic rings. The van der Waals surface area contributed by atoms with Crippen LogP contribution in [0.4, 0.5) is 0 Å². The number of hydrogen-bond donors (Lipinski definition) is 1. The first-order chi connectivity index (χ1) is 7.78. The van der Waals surface area contributed by atoms with Crippen LogP contribution in [0.25, 0.3) is 0 Å². The fraction of sp³-hybridized carbons (Fsp3) is 0.769. The number of rotatable bonds is 3. The predicted octanol–water partition coefficient (Wildman–Crippen LogP) is 2.12. The molecule has 1 aromatic heterocycles. The predicted molar refractivity (Wildman–Crippen MR) is 63.9 cm³/mol. The zero-order valence-electron chi connectivity index (χ0n) is 10.2. The van der Waals surface area contributed by atoms with Gasteiger partial charge in [0.15, 0.2) is 0 Å². The minimum Gasteiger partial charge on any atom is -0.313 e. The molecule has 16 heavy (non-hydrogen) atoms. The van der Waals surface area contributed by atoms with Crippen LogP contribution in [-0.4, -0.2) is 16.8 Å². The lowest BCUT2D eigenvalue weighted by molar-refractivity contribution is 0.259. The van der Waals surface area contributed by atoms with Crippen molar-refractivity contribution in [3.63, 3.8) is 0 Å². The highest BCUT2D eigenvalue weighted by molar-refractivity contribution is 5.14. The van der Waals surface area contributed by atoms with Crippen LogP contribution in [0.3, 0.4) is 0 Å². The quantitative estimate of drug-likeness (QED) is 0.844. The van der Waals surface area contributed by atoms with Gasteiger partial charge in [0.2, 0.25) is 0 Å². The minimum absolute atomic E-state index is 0.518. The van der Waals surface area contributed by atoms with Crippen LogP contribution in [0.15, 0.2) is 12.4 Å². The maximum atomic E-state index is 4.30. The van der Waals surface area contributed by atoms with E-state index in [-0.39, 0.29) is 0 Å². The van der Waals surface area contributed by atoms with Gasteiger partial charge < -0.3 is 5.32 Å². The second kappa shape index (κ2) is 3.88. The number of aryl methyl sites for hydroxylation is 1. The third-order valence-corrected chi connectivity index (χ3v) is 4.62. The molecule has 2 aliphatic rings. The number of nitrogens with one attached hydrogen (secondary N) is 1. The van der Waals surface area contributed by atoms with E-state index in [1.54, 1.807) is 0 Å². The van der Waals surface area contributed by atoms with Crippen LogP contribution in [-0.2, 0) is 7.05 Å². The Kier molecular flexibility index (Phi) is 2.51. The molecule has 2 saturated carbocycles. The van der Waals surface area contributed by atoms with Crippen LogP contribution in [0, 0.1) is 17.8 Å². The van der Waals surface area contributed by atoms with Crippen LogP contribution in [0.1, 0.15) is 37.3 Å². The van der Waals surface area contributed by atoms with Crippen LogP contribution >= 0.6 is 0 Å². The van der Waals surface area contributed by atoms with Crippen molar-refractivity contribution in [3.8, 4) is 0 Å². The zero-order valence-corrected chi connectivity index (χ0v) is 10.2. The van der Waals surface area contributed by atoms with E-state index in [0.717, 1.165) is 17.8 Å². The van der Waals surface area contributed by atoms with Crippen molar-refractivity contribution in [2.45, 2.75) is 31.7 Å². The fourth-order valence-electron chi connectivity index (χ4n) is 3.93. The standard InChI is InChI=1S/C13H21N3/c1-14-13(11-7-15-16(2)8-11)12-6-9-3-4-10(12)5-9/h7-10,12-14H,3-6H2,1-2H3. The maximum absolute atomic E-state index is 4.30. The van der Waals surface area contributed by atoms with Gasteiger partial charge in [-0.05, 0) is 44.1 Å². The molecule has 0 radical (unpaired) electrons. The van der Waals surface area contributed by atoms with Gasteiger partial charge in [-0.15, -0.1) is 0 Å². The molecule has 2 fully saturated rings. The number of fused-ring (bicyclic) bond motifs is 2. The average Bonchev–Trinajstić information content (AvgIpc) is 2.96. The van der Waals surface area contributed by atoms with Gasteiger partial charge in [-0.1, -0.05) is 6.42 Å². The van der Waals surface area contributed by atoms with E-state index < -0.39 is 0 Å². The molecule has 88 valence electrons. The van der Waals surface area contributed by atoms with Gasteiger partial charge in [0.05, 0.1) is 6.20 Å². The summed E-state index contributed by atoms with van der Waals surface area (Å²) in [5, 5.41) is 7.80. The summed E-state index contributed by atoms with van der Waals surface area (Å²) in [5.41, 5.74) is 1.36. The Labute approximate surface area is 97.2 Å². The van der Waals surface area contributed by atoms with E-state index in [1.165, 1.54) is 31.2 Å². The molecular weight excluding hydrogens is 198 g/mol. The molecule has 3 rings (SSSR count). The Balaban J connectivity index is 1.81. The molecule has 4 unspecified atom stereocenters. The Morgan fingerprint density at radius 2 is 2.31 bits per heavy atom. The van der Waals surface area contributed by atoms with Crippen molar-refractivity contribution >= 4 is 0 Å². The molecule has 2 bridgehead atoms. The van der Waals surface area contributed by atoms with Crippen molar-refractivity contribution in [3.05, 3.63) is 18.0 Å². The van der Waals surface area contributed by atoms with E-state index in [2.05, 4.69) is 23.7 Å². The van der Waals surface area contributed by atoms with Gasteiger partial charge in [-0.25, -0.2) is 0 Å². The largest absolute Gasteiger partial charge is 0.313 e. The summed E-state index contributed by atoms with van der Waals surface area (Å²) < 4.78 is 1.91. The molecule has 3 heteroatoms. The lowest BCUT2D eigenvalue weighted by Gasteiger charge is -2.29. The summed E-state index contributed by atoms with van der Waals surface area (Å²) in [7, 11) is 4.08. The molecular formula is C13H21N3. The molecule has 1 heterocycles. The smallest absolute Gasteiger partial charge is 0.0537 e. The maximum Gasteiger partial charge on any atom is 0.0537 e. The molecule has 1 N–H and O–H groups in total. The van der Waals surface area contributed by atoms with Gasteiger partial charge in [-0.3, -0.25) is 4.68 Å². The summed E-state index contributed by atoms with van der Waals surface area (Å²) >= 11 is 0. The molecule has 0 amide bonds. The van der Waals surface area contributed by atoms with Crippen molar-refractivity contribution in [1.29, 1.82) is 0 Å². The fourth-order valence-corrected chi connectivity index (χ4v) is 3.93. The molecule has 0 spiro atoms. The topological polar surface area (TPSA) is 29.9 Å². The normalized spacial score (nSPS) is 34.5. The lowest BCUT2D eigenvalue weighted by Crippen LogP contribution is -2.28. The average molecular weight is 219 g/mol. The number of hydrogen-bond acceptors (Lipinski definition) is 2. The van der Waals surface area contributed by atoms with E-state index in [0.29, 0.717) is 6.04 Å². The Bertz CT molecular complexity index is 371. The Morgan fingerprint density at radius 3 is 2.81 bits per heavy atom. The van der Waals surface area contributed by atoms with Gasteiger partial charge in [0, 0.05) is 24.8 Å². The van der Waals surface area contributed by atoms with Crippen molar-refractivity contribution in [2.75, 3.05) is 7.05 Å². The zero-order chi connectivity index (χ0) is 11.1. The Morgan fingerprint density at radius 1 is 1.44 bits per heavy atom. The van der Waals surface area contributed by atoms with E-state index in [9.17, 15) is 0 Å². The molecule has 0 aliphatic heterocycles. The SMILES string of the molecule is CNC(c1cnn(C)c1)C1CC2CCC1C2. The highest BCUT2D eigenvalue weighted by atomic mass is 15.2. The van der Waals surface area contributed by atoms with Gasteiger partial charge in [0.1, 0.15) is 0 Å². The summed E-state index contributed by atoms with van der Waals surface area (Å²) in [6.45, 7) is 0. The van der Waals surface area contributed by atoms with Crippen molar-refractivity contribution < 1.29 is 0 Å². The monoisotopic (exact) mass is 219 g/mol. The highest BCUT2D eigenvalue weighted by Gasteiger charge is 2.43. The van der Waals surface area contributed by atoms with E-state index in [4.69, 9.17) is 0 Å². The third-order valence-electron chi connectivity index (χ3n) is 4.62. The first kappa shape index (κ1) is 10.3. The van der Waals surface area contributed by atoms with Gasteiger partial charge in [0.25, 0.3) is 0 Å². The Hall–Kier alpha value is -0.830. The van der Waals surface area contributed by atoms with E-state index >= 15 is 0 Å². The third kappa shape index (κ3) is 1.58. The molecule has 2 aliphatic carbocycles. The van der Waals surface area contributed by atoms with Crippen LogP contribution in [0.5, 0.6) is 0 Å². The van der Waals surface area contributed by atoms with Crippen molar-refractivity contribution in [1.82, 2.24) is 15.1 Å². The summed E-state index contributed by atoms with van der Waals surface area (Å²) in [5.74, 6) is 2.82.